The number of carbonyl (C=O) groups excluding carboxylic acids is 1. The van der Waals surface area contributed by atoms with E-state index < -0.39 is 0 Å². The molecule has 3 aromatic rings. The molecule has 2 aromatic carbocycles. The van der Waals surface area contributed by atoms with Crippen molar-refractivity contribution in [3.63, 3.8) is 0 Å². The van der Waals surface area contributed by atoms with E-state index in [2.05, 4.69) is 10.3 Å². The highest BCUT2D eigenvalue weighted by Gasteiger charge is 2.12. The number of benzene rings is 2. The summed E-state index contributed by atoms with van der Waals surface area (Å²) in [5.74, 6) is 2.05. The van der Waals surface area contributed by atoms with Crippen molar-refractivity contribution in [2.45, 2.75) is 32.7 Å². The van der Waals surface area contributed by atoms with Gasteiger partial charge in [-0.1, -0.05) is 30.3 Å². The van der Waals surface area contributed by atoms with Crippen molar-refractivity contribution < 1.29 is 13.9 Å². The number of ether oxygens (including phenoxy) is 1. The first-order valence-electron chi connectivity index (χ1n) is 9.18. The number of aromatic nitrogens is 1. The first-order chi connectivity index (χ1) is 13.2. The van der Waals surface area contributed by atoms with Crippen LogP contribution >= 0.6 is 0 Å². The van der Waals surface area contributed by atoms with Crippen molar-refractivity contribution in [1.29, 1.82) is 0 Å². The van der Waals surface area contributed by atoms with E-state index >= 15 is 0 Å². The van der Waals surface area contributed by atoms with Crippen LogP contribution in [-0.2, 0) is 11.2 Å². The van der Waals surface area contributed by atoms with Crippen molar-refractivity contribution in [2.75, 3.05) is 6.61 Å². The van der Waals surface area contributed by atoms with Gasteiger partial charge in [0.2, 0.25) is 5.91 Å². The third-order valence-electron chi connectivity index (χ3n) is 4.25. The Morgan fingerprint density at radius 3 is 2.59 bits per heavy atom. The van der Waals surface area contributed by atoms with Gasteiger partial charge >= 0.3 is 0 Å². The molecule has 1 aromatic heterocycles. The van der Waals surface area contributed by atoms with E-state index in [4.69, 9.17) is 9.15 Å². The van der Waals surface area contributed by atoms with Gasteiger partial charge in [0.1, 0.15) is 5.75 Å². The summed E-state index contributed by atoms with van der Waals surface area (Å²) in [6.07, 6.45) is 2.49. The standard InChI is InChI=1S/C22H24N2O3/c1-3-26-19-11-9-18(10-12-19)20-15-23-22(27-20)14-13-21(25)24-16(2)17-7-5-4-6-8-17/h4-12,15-16H,3,13-14H2,1-2H3,(H,24,25)/t16-/m0/s1. The second kappa shape index (κ2) is 9.03. The van der Waals surface area contributed by atoms with Crippen LogP contribution in [0.1, 0.15) is 37.8 Å². The van der Waals surface area contributed by atoms with Gasteiger partial charge in [0.15, 0.2) is 11.7 Å². The Bertz CT molecular complexity index is 857. The Balaban J connectivity index is 1.52. The Hall–Kier alpha value is -3.08. The van der Waals surface area contributed by atoms with Crippen LogP contribution in [0.3, 0.4) is 0 Å². The van der Waals surface area contributed by atoms with Gasteiger partial charge in [-0.3, -0.25) is 4.79 Å². The first kappa shape index (κ1) is 18.7. The lowest BCUT2D eigenvalue weighted by Gasteiger charge is -2.13. The van der Waals surface area contributed by atoms with Gasteiger partial charge in [-0.25, -0.2) is 4.98 Å². The van der Waals surface area contributed by atoms with Gasteiger partial charge in [0.25, 0.3) is 0 Å². The van der Waals surface area contributed by atoms with Crippen molar-refractivity contribution in [3.05, 3.63) is 72.2 Å². The third-order valence-corrected chi connectivity index (χ3v) is 4.25. The molecule has 27 heavy (non-hydrogen) atoms. The topological polar surface area (TPSA) is 64.4 Å². The van der Waals surface area contributed by atoms with Crippen LogP contribution in [0.4, 0.5) is 0 Å². The Labute approximate surface area is 159 Å². The summed E-state index contributed by atoms with van der Waals surface area (Å²) >= 11 is 0. The van der Waals surface area contributed by atoms with Gasteiger partial charge in [-0.15, -0.1) is 0 Å². The molecule has 140 valence electrons. The molecule has 0 aliphatic carbocycles. The maximum Gasteiger partial charge on any atom is 0.220 e. The lowest BCUT2D eigenvalue weighted by molar-refractivity contribution is -0.121. The molecule has 1 atom stereocenters. The van der Waals surface area contributed by atoms with Crippen LogP contribution in [0.5, 0.6) is 5.75 Å². The number of nitrogens with one attached hydrogen (secondary N) is 1. The summed E-state index contributed by atoms with van der Waals surface area (Å²) in [7, 11) is 0. The van der Waals surface area contributed by atoms with Crippen LogP contribution in [-0.4, -0.2) is 17.5 Å². The van der Waals surface area contributed by atoms with E-state index in [1.807, 2.05) is 68.4 Å². The van der Waals surface area contributed by atoms with E-state index in [-0.39, 0.29) is 11.9 Å². The van der Waals surface area contributed by atoms with Gasteiger partial charge in [-0.05, 0) is 43.7 Å². The second-order valence-electron chi connectivity index (χ2n) is 6.28. The van der Waals surface area contributed by atoms with E-state index in [0.29, 0.717) is 31.1 Å². The average molecular weight is 364 g/mol. The highest BCUT2D eigenvalue weighted by Crippen LogP contribution is 2.23. The van der Waals surface area contributed by atoms with Gasteiger partial charge in [-0.2, -0.15) is 0 Å². The molecular formula is C22H24N2O3. The Morgan fingerprint density at radius 2 is 1.89 bits per heavy atom. The molecule has 0 aliphatic heterocycles. The number of carbonyl (C=O) groups is 1. The molecule has 0 spiro atoms. The minimum Gasteiger partial charge on any atom is -0.494 e. The summed E-state index contributed by atoms with van der Waals surface area (Å²) in [5.41, 5.74) is 2.01. The maximum absolute atomic E-state index is 12.2. The van der Waals surface area contributed by atoms with Crippen LogP contribution in [0.15, 0.2) is 65.2 Å². The molecular weight excluding hydrogens is 340 g/mol. The molecule has 5 nitrogen and oxygen atoms in total. The van der Waals surface area contributed by atoms with Crippen LogP contribution in [0.2, 0.25) is 0 Å². The van der Waals surface area contributed by atoms with Gasteiger partial charge in [0, 0.05) is 18.4 Å². The quantitative estimate of drug-likeness (QED) is 0.637. The van der Waals surface area contributed by atoms with E-state index in [1.54, 1.807) is 6.20 Å². The van der Waals surface area contributed by atoms with Crippen molar-refractivity contribution in [1.82, 2.24) is 10.3 Å². The van der Waals surface area contributed by atoms with Crippen LogP contribution in [0.25, 0.3) is 11.3 Å². The molecule has 5 heteroatoms. The monoisotopic (exact) mass is 364 g/mol. The largest absolute Gasteiger partial charge is 0.494 e. The zero-order valence-corrected chi connectivity index (χ0v) is 15.6. The summed E-state index contributed by atoms with van der Waals surface area (Å²) in [6.45, 7) is 4.56. The molecule has 1 amide bonds. The minimum absolute atomic E-state index is 0.0211. The number of amides is 1. The molecule has 1 N–H and O–H groups in total. The summed E-state index contributed by atoms with van der Waals surface area (Å²) in [4.78, 5) is 16.5. The molecule has 3 rings (SSSR count). The predicted octanol–water partition coefficient (Wildman–Crippen LogP) is 4.55. The molecule has 0 saturated heterocycles. The Morgan fingerprint density at radius 1 is 1.15 bits per heavy atom. The maximum atomic E-state index is 12.2. The summed E-state index contributed by atoms with van der Waals surface area (Å²) in [5, 5.41) is 3.00. The van der Waals surface area contributed by atoms with Crippen molar-refractivity contribution in [3.8, 4) is 17.1 Å². The minimum atomic E-state index is -0.0253. The fourth-order valence-electron chi connectivity index (χ4n) is 2.80. The number of nitrogens with zero attached hydrogens (tertiary/aromatic N) is 1. The van der Waals surface area contributed by atoms with Crippen molar-refractivity contribution >= 4 is 5.91 Å². The average Bonchev–Trinajstić information content (AvgIpc) is 3.17. The number of hydrogen-bond donors (Lipinski definition) is 1. The predicted molar refractivity (Wildman–Crippen MR) is 104 cm³/mol. The smallest absolute Gasteiger partial charge is 0.220 e. The van der Waals surface area contributed by atoms with Crippen LogP contribution in [0, 0.1) is 0 Å². The van der Waals surface area contributed by atoms with E-state index in [0.717, 1.165) is 16.9 Å². The number of oxazole rings is 1. The fraction of sp³-hybridized carbons (Fsp3) is 0.273. The zero-order valence-electron chi connectivity index (χ0n) is 15.6. The lowest BCUT2D eigenvalue weighted by Crippen LogP contribution is -2.26. The molecule has 0 unspecified atom stereocenters. The summed E-state index contributed by atoms with van der Waals surface area (Å²) < 4.78 is 11.2. The molecule has 0 radical (unpaired) electrons. The van der Waals surface area contributed by atoms with Crippen molar-refractivity contribution in [2.24, 2.45) is 0 Å². The lowest BCUT2D eigenvalue weighted by atomic mass is 10.1. The third kappa shape index (κ3) is 5.20. The number of aryl methyl sites for hydroxylation is 1. The molecule has 0 saturated carbocycles. The second-order valence-corrected chi connectivity index (χ2v) is 6.28. The van der Waals surface area contributed by atoms with Crippen LogP contribution < -0.4 is 10.1 Å². The molecule has 1 heterocycles. The fourth-order valence-corrected chi connectivity index (χ4v) is 2.80. The SMILES string of the molecule is CCOc1ccc(-c2cnc(CCC(=O)N[C@@H](C)c3ccccc3)o2)cc1. The highest BCUT2D eigenvalue weighted by molar-refractivity contribution is 5.76. The highest BCUT2D eigenvalue weighted by atomic mass is 16.5. The number of rotatable bonds is 8. The molecule has 0 fully saturated rings. The van der Waals surface area contributed by atoms with Gasteiger partial charge in [0.05, 0.1) is 18.8 Å². The van der Waals surface area contributed by atoms with E-state index in [9.17, 15) is 4.79 Å². The normalized spacial score (nSPS) is 11.8. The Kier molecular flexibility index (Phi) is 6.26. The molecule has 0 bridgehead atoms. The molecule has 0 aliphatic rings. The first-order valence-corrected chi connectivity index (χ1v) is 9.18. The summed E-state index contributed by atoms with van der Waals surface area (Å²) in [6, 6.07) is 17.5. The number of hydrogen-bond acceptors (Lipinski definition) is 4. The van der Waals surface area contributed by atoms with Gasteiger partial charge < -0.3 is 14.5 Å². The zero-order chi connectivity index (χ0) is 19.1. The van der Waals surface area contributed by atoms with E-state index in [1.165, 1.54) is 0 Å².